The second-order valence-electron chi connectivity index (χ2n) is 7.96. The minimum absolute atomic E-state index is 0.0755. The molecule has 2 aromatic heterocycles. The van der Waals surface area contributed by atoms with Crippen molar-refractivity contribution in [2.24, 2.45) is 0 Å². The van der Waals surface area contributed by atoms with Crippen LogP contribution in [0.1, 0.15) is 18.4 Å². The van der Waals surface area contributed by atoms with Gasteiger partial charge in [-0.3, -0.25) is 4.98 Å². The van der Waals surface area contributed by atoms with E-state index >= 15 is 0 Å². The van der Waals surface area contributed by atoms with E-state index in [-0.39, 0.29) is 6.10 Å². The summed E-state index contributed by atoms with van der Waals surface area (Å²) in [6, 6.07) is 21.7. The van der Waals surface area contributed by atoms with E-state index in [9.17, 15) is 5.26 Å². The van der Waals surface area contributed by atoms with Gasteiger partial charge in [0.15, 0.2) is 0 Å². The van der Waals surface area contributed by atoms with E-state index in [0.717, 1.165) is 40.9 Å². The molecule has 0 saturated carbocycles. The van der Waals surface area contributed by atoms with Gasteiger partial charge >= 0.3 is 0 Å². The number of aromatic nitrogens is 3. The maximum Gasteiger partial charge on any atom is 0.227 e. The van der Waals surface area contributed by atoms with Gasteiger partial charge in [0.05, 0.1) is 24.5 Å². The van der Waals surface area contributed by atoms with E-state index in [1.807, 2.05) is 60.7 Å². The molecule has 4 aromatic rings. The zero-order valence-corrected chi connectivity index (χ0v) is 18.5. The highest BCUT2D eigenvalue weighted by atomic mass is 16.5. The van der Waals surface area contributed by atoms with Gasteiger partial charge in [0, 0.05) is 42.7 Å². The summed E-state index contributed by atoms with van der Waals surface area (Å²) in [5, 5.41) is 12.9. The highest BCUT2D eigenvalue weighted by Crippen LogP contribution is 2.28. The highest BCUT2D eigenvalue weighted by molar-refractivity contribution is 5.68. The van der Waals surface area contributed by atoms with Gasteiger partial charge in [0.1, 0.15) is 17.9 Å². The molecule has 5 rings (SSSR count). The monoisotopic (exact) mass is 449 g/mol. The van der Waals surface area contributed by atoms with Crippen LogP contribution in [-0.2, 0) is 4.74 Å². The van der Waals surface area contributed by atoms with Crippen molar-refractivity contribution < 1.29 is 9.47 Å². The summed E-state index contributed by atoms with van der Waals surface area (Å²) in [6.07, 6.45) is 7.00. The van der Waals surface area contributed by atoms with Gasteiger partial charge in [-0.1, -0.05) is 12.1 Å². The lowest BCUT2D eigenvalue weighted by atomic mass is 10.1. The zero-order valence-electron chi connectivity index (χ0n) is 18.5. The minimum atomic E-state index is 0.0755. The van der Waals surface area contributed by atoms with Crippen molar-refractivity contribution >= 4 is 11.6 Å². The molecule has 0 radical (unpaired) electrons. The number of anilines is 2. The number of benzene rings is 2. The molecule has 168 valence electrons. The molecule has 2 aromatic carbocycles. The van der Waals surface area contributed by atoms with Crippen molar-refractivity contribution in [3.8, 4) is 34.2 Å². The molecule has 0 unspecified atom stereocenters. The first-order chi connectivity index (χ1) is 16.8. The third-order valence-corrected chi connectivity index (χ3v) is 5.67. The zero-order chi connectivity index (χ0) is 23.2. The van der Waals surface area contributed by atoms with Gasteiger partial charge in [-0.25, -0.2) is 9.97 Å². The number of nitrogens with one attached hydrogen (secondary N) is 1. The fraction of sp³-hybridized carbons (Fsp3) is 0.185. The van der Waals surface area contributed by atoms with Crippen LogP contribution in [0.3, 0.4) is 0 Å². The molecule has 3 heterocycles. The molecule has 1 fully saturated rings. The number of hydrogen-bond donors (Lipinski definition) is 1. The molecular weight excluding hydrogens is 426 g/mol. The fourth-order valence-electron chi connectivity index (χ4n) is 3.85. The number of nitriles is 1. The Kier molecular flexibility index (Phi) is 6.41. The first-order valence-corrected chi connectivity index (χ1v) is 11.2. The summed E-state index contributed by atoms with van der Waals surface area (Å²) in [5.74, 6) is 1.08. The molecule has 7 nitrogen and oxygen atoms in total. The average molecular weight is 450 g/mol. The molecule has 7 heteroatoms. The van der Waals surface area contributed by atoms with Gasteiger partial charge in [0.25, 0.3) is 0 Å². The number of nitrogens with zero attached hydrogens (tertiary/aromatic N) is 4. The molecular formula is C27H23N5O2. The maximum absolute atomic E-state index is 9.67. The van der Waals surface area contributed by atoms with Crippen LogP contribution < -0.4 is 10.1 Å². The second kappa shape index (κ2) is 10.1. The average Bonchev–Trinajstić information content (AvgIpc) is 2.91. The van der Waals surface area contributed by atoms with E-state index < -0.39 is 0 Å². The Labute approximate surface area is 198 Å². The number of pyridine rings is 1. The van der Waals surface area contributed by atoms with Crippen LogP contribution in [0, 0.1) is 11.3 Å². The Morgan fingerprint density at radius 1 is 0.882 bits per heavy atom. The Bertz CT molecular complexity index is 1300. The lowest BCUT2D eigenvalue weighted by Gasteiger charge is -2.23. The topological polar surface area (TPSA) is 93.0 Å². The van der Waals surface area contributed by atoms with Crippen molar-refractivity contribution in [1.29, 1.82) is 5.26 Å². The van der Waals surface area contributed by atoms with E-state index in [4.69, 9.17) is 9.47 Å². The predicted molar refractivity (Wildman–Crippen MR) is 130 cm³/mol. The normalized spacial score (nSPS) is 13.7. The summed E-state index contributed by atoms with van der Waals surface area (Å²) in [7, 11) is 0. The van der Waals surface area contributed by atoms with Gasteiger partial charge in [-0.2, -0.15) is 5.26 Å². The van der Waals surface area contributed by atoms with E-state index in [0.29, 0.717) is 30.5 Å². The molecule has 0 atom stereocenters. The summed E-state index contributed by atoms with van der Waals surface area (Å²) >= 11 is 0. The standard InChI is InChI=1S/C27H23N5O2/c28-18-22-17-21(3-6-26(22)34-24-10-15-33-16-11-24)25-9-14-30-27(32-25)31-23-4-1-19(2-5-23)20-7-12-29-13-8-20/h1-9,12-14,17,24H,10-11,15-16H2,(H,30,31,32). The van der Waals surface area contributed by atoms with E-state index in [1.165, 1.54) is 0 Å². The minimum Gasteiger partial charge on any atom is -0.489 e. The predicted octanol–water partition coefficient (Wildman–Crippen LogP) is 5.38. The first-order valence-electron chi connectivity index (χ1n) is 11.2. The Morgan fingerprint density at radius 2 is 1.62 bits per heavy atom. The molecule has 34 heavy (non-hydrogen) atoms. The van der Waals surface area contributed by atoms with Crippen molar-refractivity contribution in [3.63, 3.8) is 0 Å². The molecule has 1 N–H and O–H groups in total. The first kappa shape index (κ1) is 21.6. The lowest BCUT2D eigenvalue weighted by molar-refractivity contribution is 0.0254. The number of rotatable bonds is 6. The summed E-state index contributed by atoms with van der Waals surface area (Å²) < 4.78 is 11.4. The van der Waals surface area contributed by atoms with Crippen molar-refractivity contribution in [2.45, 2.75) is 18.9 Å². The number of hydrogen-bond acceptors (Lipinski definition) is 7. The van der Waals surface area contributed by atoms with Crippen LogP contribution >= 0.6 is 0 Å². The summed E-state index contributed by atoms with van der Waals surface area (Å²) in [4.78, 5) is 13.0. The fourth-order valence-corrected chi connectivity index (χ4v) is 3.85. The Morgan fingerprint density at radius 3 is 2.38 bits per heavy atom. The second-order valence-corrected chi connectivity index (χ2v) is 7.96. The van der Waals surface area contributed by atoms with Crippen LogP contribution in [0.5, 0.6) is 5.75 Å². The van der Waals surface area contributed by atoms with Crippen molar-refractivity contribution in [3.05, 3.63) is 84.8 Å². The van der Waals surface area contributed by atoms with Crippen molar-refractivity contribution in [1.82, 2.24) is 15.0 Å². The molecule has 0 amide bonds. The van der Waals surface area contributed by atoms with Gasteiger partial charge in [-0.05, 0) is 59.7 Å². The van der Waals surface area contributed by atoms with Gasteiger partial charge in [0.2, 0.25) is 5.95 Å². The quantitative estimate of drug-likeness (QED) is 0.422. The lowest BCUT2D eigenvalue weighted by Crippen LogP contribution is -2.26. The number of ether oxygens (including phenoxy) is 2. The molecule has 1 aliphatic rings. The third-order valence-electron chi connectivity index (χ3n) is 5.67. The van der Waals surface area contributed by atoms with E-state index in [1.54, 1.807) is 18.6 Å². The van der Waals surface area contributed by atoms with Gasteiger partial charge < -0.3 is 14.8 Å². The maximum atomic E-state index is 9.67. The summed E-state index contributed by atoms with van der Waals surface area (Å²) in [5.41, 5.74) is 5.14. The van der Waals surface area contributed by atoms with Crippen LogP contribution in [0.25, 0.3) is 22.4 Å². The van der Waals surface area contributed by atoms with Crippen LogP contribution in [0.2, 0.25) is 0 Å². The Balaban J connectivity index is 1.32. The van der Waals surface area contributed by atoms with Crippen LogP contribution in [0.4, 0.5) is 11.6 Å². The molecule has 1 saturated heterocycles. The molecule has 0 aliphatic carbocycles. The highest BCUT2D eigenvalue weighted by Gasteiger charge is 2.17. The summed E-state index contributed by atoms with van der Waals surface area (Å²) in [6.45, 7) is 1.38. The van der Waals surface area contributed by atoms with Crippen LogP contribution in [-0.4, -0.2) is 34.3 Å². The SMILES string of the molecule is N#Cc1cc(-c2ccnc(Nc3ccc(-c4ccncc4)cc3)n2)ccc1OC1CCOCC1. The Hall–Kier alpha value is -4.28. The molecule has 1 aliphatic heterocycles. The third kappa shape index (κ3) is 5.03. The smallest absolute Gasteiger partial charge is 0.227 e. The molecule has 0 spiro atoms. The van der Waals surface area contributed by atoms with E-state index in [2.05, 4.69) is 26.3 Å². The van der Waals surface area contributed by atoms with Gasteiger partial charge in [-0.15, -0.1) is 0 Å². The largest absolute Gasteiger partial charge is 0.489 e. The molecule has 0 bridgehead atoms. The van der Waals surface area contributed by atoms with Crippen LogP contribution in [0.15, 0.2) is 79.3 Å². The van der Waals surface area contributed by atoms with Crippen molar-refractivity contribution in [2.75, 3.05) is 18.5 Å².